The molecule has 1 aliphatic heterocycles. The van der Waals surface area contributed by atoms with Crippen LogP contribution in [0, 0.1) is 6.92 Å². The van der Waals surface area contributed by atoms with Crippen LogP contribution in [0.5, 0.6) is 0 Å². The summed E-state index contributed by atoms with van der Waals surface area (Å²) in [7, 11) is 4.21. The fourth-order valence-electron chi connectivity index (χ4n) is 4.25. The van der Waals surface area contributed by atoms with Gasteiger partial charge >= 0.3 is 0 Å². The predicted molar refractivity (Wildman–Crippen MR) is 107 cm³/mol. The van der Waals surface area contributed by atoms with Crippen molar-refractivity contribution in [2.45, 2.75) is 44.4 Å². The molecule has 1 aromatic heterocycles. The van der Waals surface area contributed by atoms with Gasteiger partial charge in [0.05, 0.1) is 24.4 Å². The molecule has 1 saturated heterocycles. The average molecular weight is 404 g/mol. The van der Waals surface area contributed by atoms with Gasteiger partial charge in [-0.25, -0.2) is 9.67 Å². The second-order valence-electron chi connectivity index (χ2n) is 7.78. The Morgan fingerprint density at radius 3 is 2.71 bits per heavy atom. The van der Waals surface area contributed by atoms with E-state index < -0.39 is 0 Å². The van der Waals surface area contributed by atoms with Gasteiger partial charge in [-0.1, -0.05) is 11.6 Å². The molecule has 0 radical (unpaired) electrons. The van der Waals surface area contributed by atoms with E-state index in [1.165, 1.54) is 0 Å². The Morgan fingerprint density at radius 2 is 2.00 bits per heavy atom. The Kier molecular flexibility index (Phi) is 5.40. The monoisotopic (exact) mass is 403 g/mol. The molecule has 28 heavy (non-hydrogen) atoms. The molecule has 0 spiro atoms. The van der Waals surface area contributed by atoms with Gasteiger partial charge in [0.2, 0.25) is 5.82 Å². The first-order chi connectivity index (χ1) is 13.4. The lowest BCUT2D eigenvalue weighted by molar-refractivity contribution is -0.0879. The molecule has 8 heteroatoms. The maximum Gasteiger partial charge on any atom is 0.293 e. The molecule has 4 rings (SSSR count). The summed E-state index contributed by atoms with van der Waals surface area (Å²) in [6.07, 6.45) is 3.04. The number of carbonyl (C=O) groups excluding carboxylic acids is 1. The fraction of sp³-hybridized carbons (Fsp3) is 0.550. The summed E-state index contributed by atoms with van der Waals surface area (Å²) in [6, 6.07) is 7.93. The number of hydrogen-bond donors (Lipinski definition) is 0. The number of halogens is 1. The zero-order valence-corrected chi connectivity index (χ0v) is 17.3. The summed E-state index contributed by atoms with van der Waals surface area (Å²) in [5, 5.41) is 5.15. The van der Waals surface area contributed by atoms with Crippen LogP contribution in [0.3, 0.4) is 0 Å². The maximum absolute atomic E-state index is 13.2. The Hall–Kier alpha value is -1.96. The van der Waals surface area contributed by atoms with E-state index in [1.54, 1.807) is 16.8 Å². The van der Waals surface area contributed by atoms with E-state index in [-0.39, 0.29) is 23.9 Å². The molecule has 2 aromatic rings. The van der Waals surface area contributed by atoms with Gasteiger partial charge in [0.25, 0.3) is 5.91 Å². The van der Waals surface area contributed by atoms with Crippen molar-refractivity contribution in [3.05, 3.63) is 40.9 Å². The van der Waals surface area contributed by atoms with Crippen molar-refractivity contribution in [3.8, 4) is 5.69 Å². The summed E-state index contributed by atoms with van der Waals surface area (Å²) < 4.78 is 7.69. The molecular weight excluding hydrogens is 378 g/mol. The van der Waals surface area contributed by atoms with Crippen LogP contribution in [0.2, 0.25) is 5.02 Å². The van der Waals surface area contributed by atoms with Crippen molar-refractivity contribution in [2.75, 3.05) is 27.2 Å². The molecule has 1 amide bonds. The van der Waals surface area contributed by atoms with Crippen LogP contribution in [0.25, 0.3) is 5.69 Å². The van der Waals surface area contributed by atoms with Gasteiger partial charge in [0.15, 0.2) is 0 Å². The Morgan fingerprint density at radius 1 is 1.25 bits per heavy atom. The highest BCUT2D eigenvalue weighted by Crippen LogP contribution is 2.31. The number of ether oxygens (including phenoxy) is 1. The minimum atomic E-state index is -0.114. The van der Waals surface area contributed by atoms with Crippen molar-refractivity contribution < 1.29 is 9.53 Å². The number of hydrogen-bond acceptors (Lipinski definition) is 5. The lowest BCUT2D eigenvalue weighted by atomic mass is 9.86. The van der Waals surface area contributed by atoms with Gasteiger partial charge in [-0.2, -0.15) is 0 Å². The van der Waals surface area contributed by atoms with E-state index in [4.69, 9.17) is 16.3 Å². The first-order valence-electron chi connectivity index (χ1n) is 9.72. The molecule has 2 fully saturated rings. The normalized spacial score (nSPS) is 25.0. The van der Waals surface area contributed by atoms with E-state index in [0.29, 0.717) is 30.0 Å². The highest BCUT2D eigenvalue weighted by atomic mass is 35.5. The summed E-state index contributed by atoms with van der Waals surface area (Å²) in [5.41, 5.74) is 0.833. The molecule has 150 valence electrons. The second-order valence-corrected chi connectivity index (χ2v) is 8.21. The largest absolute Gasteiger partial charge is 0.374 e. The molecular formula is C20H26ClN5O2. The SMILES string of the molecule is Cc1nc(C(=O)N2CCOC3CC(N(C)C)CCC32)nn1-c1ccc(Cl)cc1. The van der Waals surface area contributed by atoms with Gasteiger partial charge < -0.3 is 14.5 Å². The standard InChI is InChI=1S/C20H26ClN5O2/c1-13-22-19(23-26(13)15-6-4-14(21)5-7-15)20(27)25-10-11-28-18-12-16(24(2)3)8-9-17(18)25/h4-7,16-18H,8-12H2,1-3H3. The van der Waals surface area contributed by atoms with Gasteiger partial charge in [-0.05, 0) is 64.5 Å². The van der Waals surface area contributed by atoms with Crippen LogP contribution in [-0.4, -0.2) is 75.9 Å². The molecule has 3 atom stereocenters. The third kappa shape index (κ3) is 3.66. The maximum atomic E-state index is 13.2. The molecule has 3 unspecified atom stereocenters. The quantitative estimate of drug-likeness (QED) is 0.788. The van der Waals surface area contributed by atoms with Crippen LogP contribution < -0.4 is 0 Å². The molecule has 0 N–H and O–H groups in total. The first kappa shape index (κ1) is 19.4. The minimum absolute atomic E-state index is 0.0818. The highest BCUT2D eigenvalue weighted by Gasteiger charge is 2.41. The van der Waals surface area contributed by atoms with Crippen LogP contribution in [0.15, 0.2) is 24.3 Å². The first-order valence-corrected chi connectivity index (χ1v) is 10.1. The van der Waals surface area contributed by atoms with Gasteiger partial charge in [-0.15, -0.1) is 5.10 Å². The Bertz CT molecular complexity index is 851. The number of aromatic nitrogens is 3. The third-order valence-electron chi connectivity index (χ3n) is 5.82. The molecule has 1 aromatic carbocycles. The van der Waals surface area contributed by atoms with Crippen LogP contribution in [0.1, 0.15) is 35.7 Å². The molecule has 2 heterocycles. The van der Waals surface area contributed by atoms with Gasteiger partial charge in [0.1, 0.15) is 5.82 Å². The predicted octanol–water partition coefficient (Wildman–Crippen LogP) is 2.55. The summed E-state index contributed by atoms with van der Waals surface area (Å²) in [6.45, 7) is 2.99. The summed E-state index contributed by atoms with van der Waals surface area (Å²) in [4.78, 5) is 21.8. The molecule has 1 aliphatic carbocycles. The average Bonchev–Trinajstić information content (AvgIpc) is 3.08. The van der Waals surface area contributed by atoms with Crippen molar-refractivity contribution in [1.82, 2.24) is 24.6 Å². The van der Waals surface area contributed by atoms with Crippen molar-refractivity contribution in [3.63, 3.8) is 0 Å². The van der Waals surface area contributed by atoms with Crippen molar-refractivity contribution in [2.24, 2.45) is 0 Å². The van der Waals surface area contributed by atoms with E-state index in [2.05, 4.69) is 29.1 Å². The number of benzene rings is 1. The molecule has 7 nitrogen and oxygen atoms in total. The van der Waals surface area contributed by atoms with E-state index >= 15 is 0 Å². The second kappa shape index (κ2) is 7.81. The van der Waals surface area contributed by atoms with E-state index in [0.717, 1.165) is 24.9 Å². The minimum Gasteiger partial charge on any atom is -0.374 e. The lowest BCUT2D eigenvalue weighted by Crippen LogP contribution is -2.57. The van der Waals surface area contributed by atoms with Gasteiger partial charge in [-0.3, -0.25) is 4.79 Å². The van der Waals surface area contributed by atoms with Gasteiger partial charge in [0, 0.05) is 17.6 Å². The third-order valence-corrected chi connectivity index (χ3v) is 6.07. The van der Waals surface area contributed by atoms with Crippen molar-refractivity contribution >= 4 is 17.5 Å². The Labute approximate surface area is 170 Å². The number of amides is 1. The number of morpholine rings is 1. The smallest absolute Gasteiger partial charge is 0.293 e. The molecule has 0 bridgehead atoms. The van der Waals surface area contributed by atoms with Crippen molar-refractivity contribution in [1.29, 1.82) is 0 Å². The summed E-state index contributed by atoms with van der Waals surface area (Å²) in [5.74, 6) is 0.798. The van der Waals surface area contributed by atoms with Crippen LogP contribution >= 0.6 is 11.6 Å². The Balaban J connectivity index is 1.54. The zero-order chi connectivity index (χ0) is 19.8. The van der Waals surface area contributed by atoms with E-state index in [1.807, 2.05) is 24.0 Å². The zero-order valence-electron chi connectivity index (χ0n) is 16.5. The fourth-order valence-corrected chi connectivity index (χ4v) is 4.38. The number of rotatable bonds is 3. The number of fused-ring (bicyclic) bond motifs is 1. The molecule has 2 aliphatic rings. The number of aryl methyl sites for hydroxylation is 1. The molecule has 1 saturated carbocycles. The number of carbonyl (C=O) groups is 1. The van der Waals surface area contributed by atoms with Crippen LogP contribution in [-0.2, 0) is 4.74 Å². The van der Waals surface area contributed by atoms with E-state index in [9.17, 15) is 4.79 Å². The number of nitrogens with zero attached hydrogens (tertiary/aromatic N) is 5. The topological polar surface area (TPSA) is 63.5 Å². The highest BCUT2D eigenvalue weighted by molar-refractivity contribution is 6.30. The van der Waals surface area contributed by atoms with Crippen LogP contribution in [0.4, 0.5) is 0 Å². The summed E-state index contributed by atoms with van der Waals surface area (Å²) >= 11 is 5.97. The lowest BCUT2D eigenvalue weighted by Gasteiger charge is -2.46.